The Morgan fingerprint density at radius 1 is 1.33 bits per heavy atom. The fraction of sp³-hybridized carbons (Fsp3) is 0.389. The van der Waals surface area contributed by atoms with E-state index in [1.54, 1.807) is 0 Å². The maximum absolute atomic E-state index is 12.3. The second-order valence-electron chi connectivity index (χ2n) is 5.56. The predicted molar refractivity (Wildman–Crippen MR) is 102 cm³/mol. The van der Waals surface area contributed by atoms with E-state index in [-0.39, 0.29) is 0 Å². The number of aryl methyl sites for hydroxylation is 1. The molecule has 2 rings (SSSR count). The number of methoxy groups -OCH3 is 1. The fourth-order valence-electron chi connectivity index (χ4n) is 2.67. The molecule has 0 saturated carbocycles. The third kappa shape index (κ3) is 3.74. The summed E-state index contributed by atoms with van der Waals surface area (Å²) in [7, 11) is 1.38. The first kappa shape index (κ1) is 18.8. The van der Waals surface area contributed by atoms with Gasteiger partial charge in [-0.2, -0.15) is 0 Å². The molecule has 0 atom stereocenters. The van der Waals surface area contributed by atoms with Crippen LogP contribution in [0.15, 0.2) is 18.2 Å². The molecule has 130 valence electrons. The standard InChI is InChI=1S/C18H23ClN2O2S/c1-5-21(6-2)10-14-15(12-7-8-13(19)11(3)9-12)16(17(20)24-14)18(22)23-4/h7-9H,5-6,10,20H2,1-4H3. The van der Waals surface area contributed by atoms with Gasteiger partial charge in [0.1, 0.15) is 10.6 Å². The van der Waals surface area contributed by atoms with E-state index in [1.807, 2.05) is 25.1 Å². The summed E-state index contributed by atoms with van der Waals surface area (Å²) < 4.78 is 4.95. The van der Waals surface area contributed by atoms with Crippen molar-refractivity contribution in [2.45, 2.75) is 27.3 Å². The molecule has 0 aliphatic carbocycles. The van der Waals surface area contributed by atoms with Crippen molar-refractivity contribution in [3.05, 3.63) is 39.2 Å². The van der Waals surface area contributed by atoms with Gasteiger partial charge in [-0.25, -0.2) is 4.79 Å². The van der Waals surface area contributed by atoms with Gasteiger partial charge in [0.05, 0.1) is 7.11 Å². The molecule has 0 unspecified atom stereocenters. The molecule has 0 amide bonds. The molecule has 4 nitrogen and oxygen atoms in total. The van der Waals surface area contributed by atoms with E-state index in [0.717, 1.165) is 41.2 Å². The number of esters is 1. The number of carbonyl (C=O) groups excluding carboxylic acids is 1. The van der Waals surface area contributed by atoms with E-state index in [2.05, 4.69) is 18.7 Å². The van der Waals surface area contributed by atoms with Crippen LogP contribution >= 0.6 is 22.9 Å². The maximum Gasteiger partial charge on any atom is 0.341 e. The van der Waals surface area contributed by atoms with Gasteiger partial charge in [0.2, 0.25) is 0 Å². The van der Waals surface area contributed by atoms with E-state index < -0.39 is 5.97 Å². The van der Waals surface area contributed by atoms with Gasteiger partial charge in [-0.05, 0) is 43.3 Å². The largest absolute Gasteiger partial charge is 0.465 e. The summed E-state index contributed by atoms with van der Waals surface area (Å²) in [6.07, 6.45) is 0. The Bertz CT molecular complexity index is 739. The molecule has 6 heteroatoms. The molecule has 1 heterocycles. The molecular weight excluding hydrogens is 344 g/mol. The van der Waals surface area contributed by atoms with Crippen molar-refractivity contribution in [3.8, 4) is 11.1 Å². The van der Waals surface area contributed by atoms with Crippen molar-refractivity contribution in [2.75, 3.05) is 25.9 Å². The molecule has 0 fully saturated rings. The lowest BCUT2D eigenvalue weighted by Crippen LogP contribution is -2.22. The average Bonchev–Trinajstić information content (AvgIpc) is 2.90. The van der Waals surface area contributed by atoms with E-state index in [1.165, 1.54) is 18.4 Å². The van der Waals surface area contributed by atoms with Gasteiger partial charge in [0, 0.05) is 22.0 Å². The molecule has 1 aromatic carbocycles. The van der Waals surface area contributed by atoms with Crippen LogP contribution in [0.25, 0.3) is 11.1 Å². The van der Waals surface area contributed by atoms with Crippen molar-refractivity contribution < 1.29 is 9.53 Å². The first-order chi connectivity index (χ1) is 11.4. The second-order valence-corrected chi connectivity index (χ2v) is 7.10. The molecule has 24 heavy (non-hydrogen) atoms. The first-order valence-electron chi connectivity index (χ1n) is 7.91. The zero-order chi connectivity index (χ0) is 17.9. The number of carbonyl (C=O) groups is 1. The van der Waals surface area contributed by atoms with Gasteiger partial charge in [0.15, 0.2) is 0 Å². The van der Waals surface area contributed by atoms with Crippen LogP contribution in [0.1, 0.15) is 34.6 Å². The lowest BCUT2D eigenvalue weighted by atomic mass is 9.99. The summed E-state index contributed by atoms with van der Waals surface area (Å²) in [5.74, 6) is -0.405. The Morgan fingerprint density at radius 2 is 2.00 bits per heavy atom. The van der Waals surface area contributed by atoms with Crippen LogP contribution in [0, 0.1) is 6.92 Å². The Kier molecular flexibility index (Phi) is 6.27. The highest BCUT2D eigenvalue weighted by Gasteiger charge is 2.25. The summed E-state index contributed by atoms with van der Waals surface area (Å²) in [5, 5.41) is 1.19. The van der Waals surface area contributed by atoms with Crippen molar-refractivity contribution in [2.24, 2.45) is 0 Å². The third-order valence-electron chi connectivity index (χ3n) is 4.11. The van der Waals surface area contributed by atoms with Gasteiger partial charge in [-0.1, -0.05) is 31.5 Å². The van der Waals surface area contributed by atoms with E-state index in [0.29, 0.717) is 15.6 Å². The number of anilines is 1. The number of nitrogens with two attached hydrogens (primary N) is 1. The summed E-state index contributed by atoms with van der Waals surface area (Å²) in [5.41, 5.74) is 9.36. The lowest BCUT2D eigenvalue weighted by Gasteiger charge is -2.18. The smallest absolute Gasteiger partial charge is 0.341 e. The quantitative estimate of drug-likeness (QED) is 0.760. The van der Waals surface area contributed by atoms with Crippen molar-refractivity contribution in [1.82, 2.24) is 4.90 Å². The van der Waals surface area contributed by atoms with Crippen LogP contribution in [-0.2, 0) is 11.3 Å². The number of benzene rings is 1. The van der Waals surface area contributed by atoms with Crippen molar-refractivity contribution >= 4 is 33.9 Å². The first-order valence-corrected chi connectivity index (χ1v) is 9.10. The number of rotatable bonds is 6. The summed E-state index contributed by atoms with van der Waals surface area (Å²) in [6.45, 7) is 8.79. The van der Waals surface area contributed by atoms with Crippen molar-refractivity contribution in [3.63, 3.8) is 0 Å². The Morgan fingerprint density at radius 3 is 2.54 bits per heavy atom. The van der Waals surface area contributed by atoms with Crippen LogP contribution in [0.2, 0.25) is 5.02 Å². The molecule has 0 spiro atoms. The van der Waals surface area contributed by atoms with E-state index >= 15 is 0 Å². The normalized spacial score (nSPS) is 11.1. The van der Waals surface area contributed by atoms with Gasteiger partial charge >= 0.3 is 5.97 Å². The van der Waals surface area contributed by atoms with Gasteiger partial charge in [0.25, 0.3) is 0 Å². The van der Waals surface area contributed by atoms with Crippen LogP contribution in [0.5, 0.6) is 0 Å². The van der Waals surface area contributed by atoms with Gasteiger partial charge < -0.3 is 10.5 Å². The highest BCUT2D eigenvalue weighted by molar-refractivity contribution is 7.17. The topological polar surface area (TPSA) is 55.6 Å². The highest BCUT2D eigenvalue weighted by atomic mass is 35.5. The zero-order valence-electron chi connectivity index (χ0n) is 14.5. The zero-order valence-corrected chi connectivity index (χ0v) is 16.1. The van der Waals surface area contributed by atoms with Crippen molar-refractivity contribution in [1.29, 1.82) is 0 Å². The number of hydrogen-bond donors (Lipinski definition) is 1. The number of ether oxygens (including phenoxy) is 1. The highest BCUT2D eigenvalue weighted by Crippen LogP contribution is 2.40. The molecule has 2 aromatic rings. The summed E-state index contributed by atoms with van der Waals surface area (Å²) >= 11 is 7.60. The number of halogens is 1. The monoisotopic (exact) mass is 366 g/mol. The third-order valence-corrected chi connectivity index (χ3v) is 5.53. The molecule has 0 bridgehead atoms. The second kappa shape index (κ2) is 8.01. The minimum Gasteiger partial charge on any atom is -0.465 e. The number of nitrogen functional groups attached to an aromatic ring is 1. The van der Waals surface area contributed by atoms with Crippen LogP contribution in [0.3, 0.4) is 0 Å². The van der Waals surface area contributed by atoms with E-state index in [9.17, 15) is 4.79 Å². The van der Waals surface area contributed by atoms with Gasteiger partial charge in [-0.3, -0.25) is 4.90 Å². The van der Waals surface area contributed by atoms with Gasteiger partial charge in [-0.15, -0.1) is 11.3 Å². The molecule has 2 N–H and O–H groups in total. The summed E-state index contributed by atoms with van der Waals surface area (Å²) in [6, 6.07) is 5.76. The molecular formula is C18H23ClN2O2S. The predicted octanol–water partition coefficient (Wildman–Crippen LogP) is 4.59. The Labute approximate surface area is 152 Å². The fourth-order valence-corrected chi connectivity index (χ4v) is 3.91. The minimum atomic E-state index is -0.405. The number of hydrogen-bond acceptors (Lipinski definition) is 5. The molecule has 0 radical (unpaired) electrons. The minimum absolute atomic E-state index is 0.405. The number of thiophene rings is 1. The molecule has 0 aliphatic heterocycles. The number of nitrogens with zero attached hydrogens (tertiary/aromatic N) is 1. The maximum atomic E-state index is 12.3. The molecule has 1 aromatic heterocycles. The van der Waals surface area contributed by atoms with E-state index in [4.69, 9.17) is 22.1 Å². The van der Waals surface area contributed by atoms with Crippen LogP contribution < -0.4 is 5.73 Å². The average molecular weight is 367 g/mol. The lowest BCUT2D eigenvalue weighted by molar-refractivity contribution is 0.0603. The Hall–Kier alpha value is -1.56. The van der Waals surface area contributed by atoms with Crippen LogP contribution in [-0.4, -0.2) is 31.1 Å². The molecule has 0 aliphatic rings. The Balaban J connectivity index is 2.63. The summed E-state index contributed by atoms with van der Waals surface area (Å²) in [4.78, 5) is 15.6. The SMILES string of the molecule is CCN(CC)Cc1sc(N)c(C(=O)OC)c1-c1ccc(Cl)c(C)c1. The molecule has 0 saturated heterocycles. The van der Waals surface area contributed by atoms with Crippen LogP contribution in [0.4, 0.5) is 5.00 Å².